The van der Waals surface area contributed by atoms with E-state index in [0.717, 1.165) is 0 Å². The standard InChI is InChI=1S/C9H11N3O3/c1-2-3-6-15-8-5-4-7(12(13)14)9(10)11-8/h2,4-5H,1,3,6H2,(H2,10,11). The Kier molecular flexibility index (Phi) is 3.61. The van der Waals surface area contributed by atoms with Gasteiger partial charge in [-0.2, -0.15) is 4.98 Å². The minimum absolute atomic E-state index is 0.142. The molecule has 0 fully saturated rings. The predicted octanol–water partition coefficient (Wildman–Crippen LogP) is 1.53. The van der Waals surface area contributed by atoms with Crippen molar-refractivity contribution in [2.75, 3.05) is 12.3 Å². The molecule has 0 saturated carbocycles. The first-order valence-electron chi connectivity index (χ1n) is 4.29. The van der Waals surface area contributed by atoms with Crippen LogP contribution in [0.5, 0.6) is 5.88 Å². The van der Waals surface area contributed by atoms with Gasteiger partial charge in [0.15, 0.2) is 0 Å². The molecule has 0 amide bonds. The largest absolute Gasteiger partial charge is 0.477 e. The van der Waals surface area contributed by atoms with Gasteiger partial charge in [-0.25, -0.2) is 0 Å². The van der Waals surface area contributed by atoms with Crippen LogP contribution in [0.4, 0.5) is 11.5 Å². The fourth-order valence-corrected chi connectivity index (χ4v) is 0.930. The highest BCUT2D eigenvalue weighted by molar-refractivity contribution is 5.53. The summed E-state index contributed by atoms with van der Waals surface area (Å²) in [5.41, 5.74) is 5.16. The molecule has 6 nitrogen and oxygen atoms in total. The van der Waals surface area contributed by atoms with E-state index in [-0.39, 0.29) is 17.4 Å². The van der Waals surface area contributed by atoms with Crippen LogP contribution in [0.15, 0.2) is 24.8 Å². The van der Waals surface area contributed by atoms with E-state index >= 15 is 0 Å². The number of rotatable bonds is 5. The van der Waals surface area contributed by atoms with E-state index in [9.17, 15) is 10.1 Å². The van der Waals surface area contributed by atoms with Crippen molar-refractivity contribution in [2.24, 2.45) is 0 Å². The molecular weight excluding hydrogens is 198 g/mol. The second kappa shape index (κ2) is 4.94. The minimum Gasteiger partial charge on any atom is -0.477 e. The maximum absolute atomic E-state index is 10.4. The van der Waals surface area contributed by atoms with Crippen LogP contribution in [0.3, 0.4) is 0 Å². The molecule has 1 aromatic heterocycles. The van der Waals surface area contributed by atoms with Gasteiger partial charge in [0.1, 0.15) is 0 Å². The second-order valence-corrected chi connectivity index (χ2v) is 2.74. The first-order chi connectivity index (χ1) is 7.15. The molecule has 0 aliphatic carbocycles. The van der Waals surface area contributed by atoms with Crippen molar-refractivity contribution >= 4 is 11.5 Å². The highest BCUT2D eigenvalue weighted by Crippen LogP contribution is 2.21. The summed E-state index contributed by atoms with van der Waals surface area (Å²) in [5.74, 6) is 0.135. The molecule has 0 bridgehead atoms. The van der Waals surface area contributed by atoms with Gasteiger partial charge in [-0.3, -0.25) is 10.1 Å². The van der Waals surface area contributed by atoms with Crippen molar-refractivity contribution in [3.63, 3.8) is 0 Å². The molecule has 1 aromatic rings. The van der Waals surface area contributed by atoms with E-state index in [1.54, 1.807) is 6.08 Å². The molecule has 15 heavy (non-hydrogen) atoms. The lowest BCUT2D eigenvalue weighted by atomic mass is 10.4. The van der Waals surface area contributed by atoms with Crippen LogP contribution in [0.1, 0.15) is 6.42 Å². The highest BCUT2D eigenvalue weighted by atomic mass is 16.6. The van der Waals surface area contributed by atoms with E-state index in [1.165, 1.54) is 12.1 Å². The molecule has 0 aliphatic rings. The summed E-state index contributed by atoms with van der Waals surface area (Å²) >= 11 is 0. The van der Waals surface area contributed by atoms with Crippen LogP contribution in [0.2, 0.25) is 0 Å². The Morgan fingerprint density at radius 1 is 1.67 bits per heavy atom. The molecule has 0 atom stereocenters. The Morgan fingerprint density at radius 3 is 2.93 bits per heavy atom. The predicted molar refractivity (Wildman–Crippen MR) is 55.6 cm³/mol. The topological polar surface area (TPSA) is 91.3 Å². The first kappa shape index (κ1) is 11.0. The smallest absolute Gasteiger partial charge is 0.311 e. The van der Waals surface area contributed by atoms with Crippen molar-refractivity contribution in [1.82, 2.24) is 4.98 Å². The van der Waals surface area contributed by atoms with Crippen LogP contribution in [-0.4, -0.2) is 16.5 Å². The third-order valence-electron chi connectivity index (χ3n) is 1.65. The number of anilines is 1. The van der Waals surface area contributed by atoms with Gasteiger partial charge in [0, 0.05) is 12.1 Å². The number of hydrogen-bond donors (Lipinski definition) is 1. The van der Waals surface area contributed by atoms with Gasteiger partial charge >= 0.3 is 5.69 Å². The summed E-state index contributed by atoms with van der Waals surface area (Å²) in [5, 5.41) is 10.4. The zero-order valence-corrected chi connectivity index (χ0v) is 8.05. The lowest BCUT2D eigenvalue weighted by Crippen LogP contribution is -2.02. The van der Waals surface area contributed by atoms with Gasteiger partial charge in [0.25, 0.3) is 0 Å². The molecule has 0 aliphatic heterocycles. The van der Waals surface area contributed by atoms with Gasteiger partial charge in [-0.15, -0.1) is 6.58 Å². The van der Waals surface area contributed by atoms with Crippen LogP contribution in [0.25, 0.3) is 0 Å². The first-order valence-corrected chi connectivity index (χ1v) is 4.29. The van der Waals surface area contributed by atoms with Crippen LogP contribution < -0.4 is 10.5 Å². The summed E-state index contributed by atoms with van der Waals surface area (Å²) in [6, 6.07) is 2.68. The minimum atomic E-state index is -0.587. The molecule has 2 N–H and O–H groups in total. The molecule has 1 rings (SSSR count). The van der Waals surface area contributed by atoms with Crippen molar-refractivity contribution < 1.29 is 9.66 Å². The van der Waals surface area contributed by atoms with Crippen LogP contribution in [0, 0.1) is 10.1 Å². The molecule has 0 saturated heterocycles. The molecule has 6 heteroatoms. The lowest BCUT2D eigenvalue weighted by molar-refractivity contribution is -0.384. The Labute approximate surface area is 86.5 Å². The number of nitrogens with two attached hydrogens (primary N) is 1. The summed E-state index contributed by atoms with van der Waals surface area (Å²) in [6.07, 6.45) is 2.38. The van der Waals surface area contributed by atoms with Crippen molar-refractivity contribution in [2.45, 2.75) is 6.42 Å². The lowest BCUT2D eigenvalue weighted by Gasteiger charge is -2.03. The molecule has 1 heterocycles. The quantitative estimate of drug-likeness (QED) is 0.343. The zero-order chi connectivity index (χ0) is 11.3. The molecule has 80 valence electrons. The highest BCUT2D eigenvalue weighted by Gasteiger charge is 2.12. The normalized spacial score (nSPS) is 9.60. The number of nitrogen functional groups attached to an aromatic ring is 1. The third kappa shape index (κ3) is 2.94. The summed E-state index contributed by atoms with van der Waals surface area (Å²) in [6.45, 7) is 3.96. The second-order valence-electron chi connectivity index (χ2n) is 2.74. The number of aromatic nitrogens is 1. The number of nitro groups is 1. The van der Waals surface area contributed by atoms with Crippen molar-refractivity contribution in [3.05, 3.63) is 34.9 Å². The number of pyridine rings is 1. The number of hydrogen-bond acceptors (Lipinski definition) is 5. The van der Waals surface area contributed by atoms with E-state index in [1.807, 2.05) is 0 Å². The van der Waals surface area contributed by atoms with E-state index in [4.69, 9.17) is 10.5 Å². The molecule has 0 radical (unpaired) electrons. The summed E-state index contributed by atoms with van der Waals surface area (Å²) in [7, 11) is 0. The Morgan fingerprint density at radius 2 is 2.40 bits per heavy atom. The van der Waals surface area contributed by atoms with Crippen molar-refractivity contribution in [3.8, 4) is 5.88 Å². The van der Waals surface area contributed by atoms with E-state index in [2.05, 4.69) is 11.6 Å². The fraction of sp³-hybridized carbons (Fsp3) is 0.222. The fourth-order valence-electron chi connectivity index (χ4n) is 0.930. The van der Waals surface area contributed by atoms with Gasteiger partial charge in [0.2, 0.25) is 11.7 Å². The Hall–Kier alpha value is -2.11. The zero-order valence-electron chi connectivity index (χ0n) is 8.05. The molecular formula is C9H11N3O3. The van der Waals surface area contributed by atoms with E-state index in [0.29, 0.717) is 13.0 Å². The Bertz CT molecular complexity index is 379. The van der Waals surface area contributed by atoms with Gasteiger partial charge < -0.3 is 10.5 Å². The molecule has 0 spiro atoms. The van der Waals surface area contributed by atoms with Crippen LogP contribution >= 0.6 is 0 Å². The number of ether oxygens (including phenoxy) is 1. The van der Waals surface area contributed by atoms with Gasteiger partial charge in [0.05, 0.1) is 11.5 Å². The average molecular weight is 209 g/mol. The van der Waals surface area contributed by atoms with Crippen molar-refractivity contribution in [1.29, 1.82) is 0 Å². The molecule has 0 unspecified atom stereocenters. The SMILES string of the molecule is C=CCCOc1ccc([N+](=O)[O-])c(N)n1. The third-order valence-corrected chi connectivity index (χ3v) is 1.65. The Balaban J connectivity index is 2.73. The van der Waals surface area contributed by atoms with E-state index < -0.39 is 4.92 Å². The average Bonchev–Trinajstić information content (AvgIpc) is 2.17. The monoisotopic (exact) mass is 209 g/mol. The van der Waals surface area contributed by atoms with Crippen LogP contribution in [-0.2, 0) is 0 Å². The van der Waals surface area contributed by atoms with Gasteiger partial charge in [-0.05, 0) is 6.42 Å². The maximum Gasteiger partial charge on any atom is 0.311 e. The molecule has 0 aromatic carbocycles. The van der Waals surface area contributed by atoms with Gasteiger partial charge in [-0.1, -0.05) is 6.08 Å². The maximum atomic E-state index is 10.4. The number of nitrogens with zero attached hydrogens (tertiary/aromatic N) is 2. The summed E-state index contributed by atoms with van der Waals surface area (Å²) < 4.78 is 5.18. The summed E-state index contributed by atoms with van der Waals surface area (Å²) in [4.78, 5) is 13.6.